The number of unbranched alkanes of at least 4 members (excludes halogenated alkanes) is 1. The molecule has 0 fully saturated rings. The third kappa shape index (κ3) is 5.21. The van der Waals surface area contributed by atoms with Gasteiger partial charge in [-0.15, -0.1) is 0 Å². The smallest absolute Gasteiger partial charge is 0.257 e. The van der Waals surface area contributed by atoms with E-state index in [1.807, 2.05) is 26.1 Å². The Morgan fingerprint density at radius 3 is 2.75 bits per heavy atom. The van der Waals surface area contributed by atoms with Crippen LogP contribution in [0.15, 0.2) is 18.2 Å². The molecule has 112 valence electrons. The van der Waals surface area contributed by atoms with Crippen molar-refractivity contribution < 1.29 is 9.53 Å². The molecule has 0 spiro atoms. The first-order valence-corrected chi connectivity index (χ1v) is 7.25. The van der Waals surface area contributed by atoms with Crippen LogP contribution in [0.25, 0.3) is 0 Å². The fourth-order valence-electron chi connectivity index (χ4n) is 1.87. The minimum absolute atomic E-state index is 0.0643. The Labute approximate surface area is 121 Å². The van der Waals surface area contributed by atoms with Gasteiger partial charge in [-0.1, -0.05) is 25.5 Å². The minimum Gasteiger partial charge on any atom is -0.484 e. The number of ether oxygens (including phenoxy) is 1. The van der Waals surface area contributed by atoms with Gasteiger partial charge < -0.3 is 15.4 Å². The van der Waals surface area contributed by atoms with Gasteiger partial charge in [0.05, 0.1) is 0 Å². The van der Waals surface area contributed by atoms with Crippen LogP contribution in [0.2, 0.25) is 0 Å². The summed E-state index contributed by atoms with van der Waals surface area (Å²) in [6.45, 7) is 6.99. The van der Waals surface area contributed by atoms with Crippen LogP contribution in [0.1, 0.15) is 43.9 Å². The number of aryl methyl sites for hydroxylation is 1. The lowest BCUT2D eigenvalue weighted by atomic mass is 10.1. The summed E-state index contributed by atoms with van der Waals surface area (Å²) in [5.74, 6) is 0.702. The first-order chi connectivity index (χ1) is 9.58. The molecule has 0 aliphatic carbocycles. The second kappa shape index (κ2) is 8.59. The largest absolute Gasteiger partial charge is 0.484 e. The molecule has 1 unspecified atom stereocenters. The van der Waals surface area contributed by atoms with Gasteiger partial charge in [-0.3, -0.25) is 4.79 Å². The molecule has 0 bridgehead atoms. The highest BCUT2D eigenvalue weighted by Crippen LogP contribution is 2.22. The van der Waals surface area contributed by atoms with E-state index in [1.165, 1.54) is 5.56 Å². The van der Waals surface area contributed by atoms with E-state index in [-0.39, 0.29) is 12.5 Å². The predicted octanol–water partition coefficient (Wildman–Crippen LogP) is 2.57. The maximum atomic E-state index is 11.6. The van der Waals surface area contributed by atoms with Gasteiger partial charge >= 0.3 is 0 Å². The van der Waals surface area contributed by atoms with E-state index in [2.05, 4.69) is 30.5 Å². The number of nitrogens with one attached hydrogen (secondary N) is 2. The van der Waals surface area contributed by atoms with Gasteiger partial charge in [-0.2, -0.15) is 0 Å². The van der Waals surface area contributed by atoms with Gasteiger partial charge in [0.15, 0.2) is 6.61 Å². The number of amides is 1. The fourth-order valence-corrected chi connectivity index (χ4v) is 1.87. The summed E-state index contributed by atoms with van der Waals surface area (Å²) < 4.78 is 5.57. The van der Waals surface area contributed by atoms with Crippen molar-refractivity contribution >= 4 is 5.91 Å². The van der Waals surface area contributed by atoms with Gasteiger partial charge in [0.25, 0.3) is 5.91 Å². The van der Waals surface area contributed by atoms with Crippen molar-refractivity contribution in [1.82, 2.24) is 10.6 Å². The number of carbonyl (C=O) groups excluding carboxylic acids is 1. The Bertz CT molecular complexity index is 432. The van der Waals surface area contributed by atoms with Crippen molar-refractivity contribution in [2.45, 2.75) is 39.7 Å². The lowest BCUT2D eigenvalue weighted by Gasteiger charge is -2.14. The molecule has 1 aromatic rings. The van der Waals surface area contributed by atoms with Gasteiger partial charge in [-0.05, 0) is 44.5 Å². The molecule has 1 amide bonds. The van der Waals surface area contributed by atoms with Crippen molar-refractivity contribution in [1.29, 1.82) is 0 Å². The first-order valence-electron chi connectivity index (χ1n) is 7.25. The minimum atomic E-state index is -0.0643. The zero-order valence-electron chi connectivity index (χ0n) is 13.0. The molecule has 0 heterocycles. The van der Waals surface area contributed by atoms with Crippen LogP contribution < -0.4 is 15.4 Å². The molecule has 1 rings (SSSR count). The molecule has 2 N–H and O–H groups in total. The summed E-state index contributed by atoms with van der Waals surface area (Å²) in [6, 6.07) is 6.35. The highest BCUT2D eigenvalue weighted by molar-refractivity contribution is 5.77. The van der Waals surface area contributed by atoms with E-state index in [0.29, 0.717) is 6.04 Å². The van der Waals surface area contributed by atoms with Gasteiger partial charge in [0.1, 0.15) is 5.75 Å². The molecule has 4 nitrogen and oxygen atoms in total. The summed E-state index contributed by atoms with van der Waals surface area (Å²) in [6.07, 6.45) is 2.08. The van der Waals surface area contributed by atoms with Crippen LogP contribution in [-0.4, -0.2) is 26.1 Å². The van der Waals surface area contributed by atoms with Crippen molar-refractivity contribution in [3.8, 4) is 5.75 Å². The Kier molecular flexibility index (Phi) is 7.09. The van der Waals surface area contributed by atoms with Gasteiger partial charge in [-0.25, -0.2) is 0 Å². The molecule has 0 aliphatic rings. The Morgan fingerprint density at radius 1 is 1.40 bits per heavy atom. The second-order valence-electron chi connectivity index (χ2n) is 5.03. The topological polar surface area (TPSA) is 50.4 Å². The molecule has 0 aliphatic heterocycles. The van der Waals surface area contributed by atoms with Gasteiger partial charge in [0.2, 0.25) is 0 Å². The molecule has 0 aromatic heterocycles. The standard InChI is InChI=1S/C16H26N2O2/c1-5-6-9-18-16(19)11-20-15-8-7-14(10-12(15)2)13(3)17-4/h7-8,10,13,17H,5-6,9,11H2,1-4H3,(H,18,19). The van der Waals surface area contributed by atoms with E-state index in [4.69, 9.17) is 4.74 Å². The lowest BCUT2D eigenvalue weighted by molar-refractivity contribution is -0.123. The van der Waals surface area contributed by atoms with Crippen molar-refractivity contribution in [3.63, 3.8) is 0 Å². The summed E-state index contributed by atoms with van der Waals surface area (Å²) in [5.41, 5.74) is 2.26. The molecule has 1 aromatic carbocycles. The van der Waals surface area contributed by atoms with Crippen LogP contribution in [0, 0.1) is 6.92 Å². The number of benzene rings is 1. The molecule has 20 heavy (non-hydrogen) atoms. The fraction of sp³-hybridized carbons (Fsp3) is 0.562. The molecule has 4 heteroatoms. The molecular formula is C16H26N2O2. The van der Waals surface area contributed by atoms with Crippen molar-refractivity contribution in [2.24, 2.45) is 0 Å². The van der Waals surface area contributed by atoms with Crippen LogP contribution >= 0.6 is 0 Å². The second-order valence-corrected chi connectivity index (χ2v) is 5.03. The monoisotopic (exact) mass is 278 g/mol. The summed E-state index contributed by atoms with van der Waals surface area (Å²) in [4.78, 5) is 11.6. The zero-order chi connectivity index (χ0) is 15.0. The van der Waals surface area contributed by atoms with Gasteiger partial charge in [0, 0.05) is 12.6 Å². The highest BCUT2D eigenvalue weighted by Gasteiger charge is 2.07. The summed E-state index contributed by atoms with van der Waals surface area (Å²) >= 11 is 0. The molecule has 0 saturated heterocycles. The Balaban J connectivity index is 2.50. The highest BCUT2D eigenvalue weighted by atomic mass is 16.5. The number of rotatable bonds is 8. The maximum absolute atomic E-state index is 11.6. The van der Waals surface area contributed by atoms with E-state index in [9.17, 15) is 4.79 Å². The van der Waals surface area contributed by atoms with Crippen LogP contribution in [0.5, 0.6) is 5.75 Å². The van der Waals surface area contributed by atoms with E-state index in [1.54, 1.807) is 0 Å². The average molecular weight is 278 g/mol. The quantitative estimate of drug-likeness (QED) is 0.719. The van der Waals surface area contributed by atoms with E-state index >= 15 is 0 Å². The number of hydrogen-bond acceptors (Lipinski definition) is 3. The SMILES string of the molecule is CCCCNC(=O)COc1ccc(C(C)NC)cc1C. The average Bonchev–Trinajstić information content (AvgIpc) is 2.45. The predicted molar refractivity (Wildman–Crippen MR) is 82.1 cm³/mol. The summed E-state index contributed by atoms with van der Waals surface area (Å²) in [5, 5.41) is 6.04. The first kappa shape index (κ1) is 16.5. The Hall–Kier alpha value is -1.55. The normalized spacial score (nSPS) is 12.0. The molecule has 0 radical (unpaired) electrons. The summed E-state index contributed by atoms with van der Waals surface area (Å²) in [7, 11) is 1.94. The maximum Gasteiger partial charge on any atom is 0.257 e. The Morgan fingerprint density at radius 2 is 2.15 bits per heavy atom. The molecular weight excluding hydrogens is 252 g/mol. The van der Waals surface area contributed by atoms with Crippen molar-refractivity contribution in [2.75, 3.05) is 20.2 Å². The zero-order valence-corrected chi connectivity index (χ0v) is 13.0. The number of carbonyl (C=O) groups is 1. The van der Waals surface area contributed by atoms with Crippen molar-refractivity contribution in [3.05, 3.63) is 29.3 Å². The van der Waals surface area contributed by atoms with Crippen LogP contribution in [0.3, 0.4) is 0 Å². The number of hydrogen-bond donors (Lipinski definition) is 2. The van der Waals surface area contributed by atoms with E-state index < -0.39 is 0 Å². The lowest BCUT2D eigenvalue weighted by Crippen LogP contribution is -2.29. The third-order valence-corrected chi connectivity index (χ3v) is 3.34. The van der Waals surface area contributed by atoms with Crippen LogP contribution in [-0.2, 0) is 4.79 Å². The van der Waals surface area contributed by atoms with E-state index in [0.717, 1.165) is 30.7 Å². The molecule has 0 saturated carbocycles. The van der Waals surface area contributed by atoms with Crippen LogP contribution in [0.4, 0.5) is 0 Å². The molecule has 1 atom stereocenters. The third-order valence-electron chi connectivity index (χ3n) is 3.34.